The normalized spacial score (nSPS) is 14.9. The van der Waals surface area contributed by atoms with E-state index in [1.54, 1.807) is 6.07 Å². The van der Waals surface area contributed by atoms with Gasteiger partial charge in [0.05, 0.1) is 11.3 Å². The topological polar surface area (TPSA) is 40.5 Å². The van der Waals surface area contributed by atoms with E-state index in [9.17, 15) is 9.90 Å². The average molecular weight is 219 g/mol. The summed E-state index contributed by atoms with van der Waals surface area (Å²) in [7, 11) is 0. The molecule has 1 N–H and O–H groups in total. The lowest BCUT2D eigenvalue weighted by Crippen LogP contribution is -2.27. The number of rotatable bonds is 4. The molecule has 1 fully saturated rings. The summed E-state index contributed by atoms with van der Waals surface area (Å²) in [6.07, 6.45) is 2.36. The smallest absolute Gasteiger partial charge is 0.337 e. The zero-order valence-corrected chi connectivity index (χ0v) is 9.73. The monoisotopic (exact) mass is 219 g/mol. The van der Waals surface area contributed by atoms with E-state index in [1.807, 2.05) is 19.1 Å². The van der Waals surface area contributed by atoms with E-state index in [0.717, 1.165) is 17.8 Å². The molecular weight excluding hydrogens is 202 g/mol. The molecule has 1 aromatic rings. The number of hydrogen-bond donors (Lipinski definition) is 1. The van der Waals surface area contributed by atoms with Crippen LogP contribution < -0.4 is 4.90 Å². The molecular formula is C13H17NO2. The summed E-state index contributed by atoms with van der Waals surface area (Å²) < 4.78 is 0. The maximum atomic E-state index is 11.2. The molecule has 16 heavy (non-hydrogen) atoms. The Kier molecular flexibility index (Phi) is 2.86. The predicted octanol–water partition coefficient (Wildman–Crippen LogP) is 2.68. The van der Waals surface area contributed by atoms with Gasteiger partial charge >= 0.3 is 5.97 Å². The van der Waals surface area contributed by atoms with E-state index in [4.69, 9.17) is 0 Å². The van der Waals surface area contributed by atoms with Gasteiger partial charge in [-0.2, -0.15) is 0 Å². The van der Waals surface area contributed by atoms with Gasteiger partial charge in [-0.1, -0.05) is 6.07 Å². The number of hydrogen-bond acceptors (Lipinski definition) is 2. The molecule has 0 heterocycles. The maximum Gasteiger partial charge on any atom is 0.337 e. The molecule has 0 unspecified atom stereocenters. The molecule has 1 aliphatic carbocycles. The standard InChI is InChI=1S/C13H17NO2/c1-3-14(10-5-6-10)12-8-9(2)4-7-11(12)13(15)16/h4,7-8,10H,3,5-6H2,1-2H3,(H,15,16). The van der Waals surface area contributed by atoms with Crippen molar-refractivity contribution in [3.05, 3.63) is 29.3 Å². The van der Waals surface area contributed by atoms with Crippen LogP contribution in [0.15, 0.2) is 18.2 Å². The fraction of sp³-hybridized carbons (Fsp3) is 0.462. The van der Waals surface area contributed by atoms with Crippen LogP contribution in [0.4, 0.5) is 5.69 Å². The summed E-state index contributed by atoms with van der Waals surface area (Å²) in [5.41, 5.74) is 2.40. The molecule has 1 aliphatic rings. The van der Waals surface area contributed by atoms with Gasteiger partial charge in [-0.3, -0.25) is 0 Å². The van der Waals surface area contributed by atoms with Gasteiger partial charge in [-0.25, -0.2) is 4.79 Å². The Morgan fingerprint density at radius 3 is 2.69 bits per heavy atom. The number of aromatic carboxylic acids is 1. The second-order valence-electron chi connectivity index (χ2n) is 4.34. The van der Waals surface area contributed by atoms with Gasteiger partial charge in [0.2, 0.25) is 0 Å². The first-order valence-corrected chi connectivity index (χ1v) is 5.74. The Hall–Kier alpha value is -1.51. The van der Waals surface area contributed by atoms with Crippen LogP contribution in [0.25, 0.3) is 0 Å². The molecule has 3 nitrogen and oxygen atoms in total. The van der Waals surface area contributed by atoms with E-state index < -0.39 is 5.97 Å². The van der Waals surface area contributed by atoms with Crippen molar-refractivity contribution in [2.24, 2.45) is 0 Å². The molecule has 86 valence electrons. The lowest BCUT2D eigenvalue weighted by molar-refractivity contribution is 0.0697. The highest BCUT2D eigenvalue weighted by atomic mass is 16.4. The first kappa shape index (κ1) is 11.0. The van der Waals surface area contributed by atoms with Gasteiger partial charge in [-0.05, 0) is 44.4 Å². The third-order valence-corrected chi connectivity index (χ3v) is 3.02. The third-order valence-electron chi connectivity index (χ3n) is 3.02. The summed E-state index contributed by atoms with van der Waals surface area (Å²) in [4.78, 5) is 13.4. The zero-order chi connectivity index (χ0) is 11.7. The number of aryl methyl sites for hydroxylation is 1. The zero-order valence-electron chi connectivity index (χ0n) is 9.73. The fourth-order valence-electron chi connectivity index (χ4n) is 2.07. The second kappa shape index (κ2) is 4.16. The lowest BCUT2D eigenvalue weighted by atomic mass is 10.1. The Morgan fingerprint density at radius 1 is 1.50 bits per heavy atom. The van der Waals surface area contributed by atoms with Crippen molar-refractivity contribution in [1.29, 1.82) is 0 Å². The highest BCUT2D eigenvalue weighted by Crippen LogP contribution is 2.33. The van der Waals surface area contributed by atoms with Gasteiger partial charge in [-0.15, -0.1) is 0 Å². The van der Waals surface area contributed by atoms with Gasteiger partial charge in [0, 0.05) is 12.6 Å². The van der Waals surface area contributed by atoms with Crippen LogP contribution in [0.2, 0.25) is 0 Å². The molecule has 1 saturated carbocycles. The second-order valence-corrected chi connectivity index (χ2v) is 4.34. The van der Waals surface area contributed by atoms with Crippen molar-refractivity contribution >= 4 is 11.7 Å². The number of carboxylic acids is 1. The minimum Gasteiger partial charge on any atom is -0.478 e. The van der Waals surface area contributed by atoms with Crippen molar-refractivity contribution in [1.82, 2.24) is 0 Å². The fourth-order valence-corrected chi connectivity index (χ4v) is 2.07. The summed E-state index contributed by atoms with van der Waals surface area (Å²) in [5.74, 6) is -0.839. The first-order valence-electron chi connectivity index (χ1n) is 5.74. The van der Waals surface area contributed by atoms with Crippen molar-refractivity contribution in [2.75, 3.05) is 11.4 Å². The minimum atomic E-state index is -0.839. The van der Waals surface area contributed by atoms with Crippen molar-refractivity contribution in [3.63, 3.8) is 0 Å². The van der Waals surface area contributed by atoms with E-state index in [1.165, 1.54) is 12.8 Å². The van der Waals surface area contributed by atoms with Gasteiger partial charge in [0.15, 0.2) is 0 Å². The summed E-state index contributed by atoms with van der Waals surface area (Å²) in [6, 6.07) is 6.08. The van der Waals surface area contributed by atoms with E-state index in [0.29, 0.717) is 11.6 Å². The average Bonchev–Trinajstić information content (AvgIpc) is 3.03. The maximum absolute atomic E-state index is 11.2. The minimum absolute atomic E-state index is 0.416. The Balaban J connectivity index is 2.42. The molecule has 0 atom stereocenters. The van der Waals surface area contributed by atoms with Crippen LogP contribution in [0.5, 0.6) is 0 Å². The van der Waals surface area contributed by atoms with Crippen molar-refractivity contribution in [3.8, 4) is 0 Å². The number of carbonyl (C=O) groups is 1. The SMILES string of the molecule is CCN(c1cc(C)ccc1C(=O)O)C1CC1. The molecule has 0 bridgehead atoms. The molecule has 0 radical (unpaired) electrons. The highest BCUT2D eigenvalue weighted by Gasteiger charge is 2.30. The molecule has 0 amide bonds. The summed E-state index contributed by atoms with van der Waals surface area (Å²) in [5, 5.41) is 9.18. The van der Waals surface area contributed by atoms with Crippen LogP contribution in [0.1, 0.15) is 35.7 Å². The number of carboxylic acid groups (broad SMARTS) is 1. The lowest BCUT2D eigenvalue weighted by Gasteiger charge is -2.24. The third kappa shape index (κ3) is 2.03. The van der Waals surface area contributed by atoms with Crippen LogP contribution in [-0.4, -0.2) is 23.7 Å². The quantitative estimate of drug-likeness (QED) is 0.846. The molecule has 1 aromatic carbocycles. The molecule has 0 spiro atoms. The molecule has 0 aromatic heterocycles. The number of benzene rings is 1. The van der Waals surface area contributed by atoms with E-state index >= 15 is 0 Å². The first-order chi connectivity index (χ1) is 7.63. The highest BCUT2D eigenvalue weighted by molar-refractivity contribution is 5.94. The molecule has 0 aliphatic heterocycles. The molecule has 2 rings (SSSR count). The van der Waals surface area contributed by atoms with Crippen molar-refractivity contribution in [2.45, 2.75) is 32.7 Å². The van der Waals surface area contributed by atoms with Crippen LogP contribution >= 0.6 is 0 Å². The van der Waals surface area contributed by atoms with E-state index in [-0.39, 0.29) is 0 Å². The number of nitrogens with zero attached hydrogens (tertiary/aromatic N) is 1. The van der Waals surface area contributed by atoms with Crippen LogP contribution in [0, 0.1) is 6.92 Å². The largest absolute Gasteiger partial charge is 0.478 e. The summed E-state index contributed by atoms with van der Waals surface area (Å²) in [6.45, 7) is 4.94. The van der Waals surface area contributed by atoms with Gasteiger partial charge < -0.3 is 10.0 Å². The number of anilines is 1. The van der Waals surface area contributed by atoms with Crippen LogP contribution in [-0.2, 0) is 0 Å². The van der Waals surface area contributed by atoms with Crippen LogP contribution in [0.3, 0.4) is 0 Å². The predicted molar refractivity (Wildman–Crippen MR) is 64.2 cm³/mol. The molecule has 3 heteroatoms. The summed E-state index contributed by atoms with van der Waals surface area (Å²) >= 11 is 0. The van der Waals surface area contributed by atoms with Crippen molar-refractivity contribution < 1.29 is 9.90 Å². The van der Waals surface area contributed by atoms with Gasteiger partial charge in [0.1, 0.15) is 0 Å². The Labute approximate surface area is 95.7 Å². The Morgan fingerprint density at radius 2 is 2.19 bits per heavy atom. The Bertz CT molecular complexity index is 410. The van der Waals surface area contributed by atoms with E-state index in [2.05, 4.69) is 11.8 Å². The van der Waals surface area contributed by atoms with Gasteiger partial charge in [0.25, 0.3) is 0 Å². The molecule has 0 saturated heterocycles.